The van der Waals surface area contributed by atoms with Crippen molar-refractivity contribution in [2.75, 3.05) is 12.4 Å². The van der Waals surface area contributed by atoms with E-state index in [-0.39, 0.29) is 0 Å². The van der Waals surface area contributed by atoms with Gasteiger partial charge in [0.15, 0.2) is 0 Å². The fourth-order valence-corrected chi connectivity index (χ4v) is 3.28. The molecule has 1 N–H and O–H groups in total. The Hall–Kier alpha value is -1.56. The number of nitrogens with zero attached hydrogens (tertiary/aromatic N) is 2. The predicted molar refractivity (Wildman–Crippen MR) is 88.2 cm³/mol. The predicted octanol–water partition coefficient (Wildman–Crippen LogP) is 5.14. The Labute approximate surface area is 135 Å². The molecule has 7 heteroatoms. The van der Waals surface area contributed by atoms with Crippen molar-refractivity contribution in [2.45, 2.75) is 6.92 Å². The molecular formula is C14H11Cl2N3OS. The lowest BCUT2D eigenvalue weighted by Gasteiger charge is -2.08. The lowest BCUT2D eigenvalue weighted by atomic mass is 10.3. The highest BCUT2D eigenvalue weighted by molar-refractivity contribution is 7.18. The van der Waals surface area contributed by atoms with Crippen molar-refractivity contribution in [3.63, 3.8) is 0 Å². The van der Waals surface area contributed by atoms with Gasteiger partial charge in [-0.25, -0.2) is 4.98 Å². The Morgan fingerprint density at radius 1 is 1.10 bits per heavy atom. The number of ether oxygens (including phenoxy) is 1. The van der Waals surface area contributed by atoms with Crippen LogP contribution in [0.1, 0.15) is 4.88 Å². The molecule has 0 aliphatic carbocycles. The molecule has 0 aliphatic heterocycles. The molecule has 0 unspecified atom stereocenters. The van der Waals surface area contributed by atoms with Crippen LogP contribution in [0.5, 0.6) is 11.6 Å². The summed E-state index contributed by atoms with van der Waals surface area (Å²) in [4.78, 5) is 10.8. The third-order valence-corrected chi connectivity index (χ3v) is 4.14. The number of hydrogen-bond donors (Lipinski definition) is 1. The van der Waals surface area contributed by atoms with Gasteiger partial charge in [-0.3, -0.25) is 0 Å². The van der Waals surface area contributed by atoms with E-state index in [1.807, 2.05) is 13.0 Å². The molecule has 0 spiro atoms. The van der Waals surface area contributed by atoms with Crippen LogP contribution in [0.15, 0.2) is 24.3 Å². The van der Waals surface area contributed by atoms with E-state index >= 15 is 0 Å². The fourth-order valence-electron chi connectivity index (χ4n) is 1.90. The second-order valence-electron chi connectivity index (χ2n) is 4.39. The van der Waals surface area contributed by atoms with Crippen molar-refractivity contribution in [2.24, 2.45) is 0 Å². The first-order valence-corrected chi connectivity index (χ1v) is 7.72. The number of rotatable bonds is 3. The first-order chi connectivity index (χ1) is 10.0. The number of benzene rings is 1. The topological polar surface area (TPSA) is 47.0 Å². The van der Waals surface area contributed by atoms with E-state index in [0.717, 1.165) is 15.1 Å². The fraction of sp³-hybridized carbons (Fsp3) is 0.143. The van der Waals surface area contributed by atoms with Crippen LogP contribution in [0.2, 0.25) is 10.0 Å². The van der Waals surface area contributed by atoms with E-state index in [4.69, 9.17) is 27.9 Å². The number of anilines is 1. The average Bonchev–Trinajstić information content (AvgIpc) is 2.78. The lowest BCUT2D eigenvalue weighted by Crippen LogP contribution is -1.98. The Morgan fingerprint density at radius 3 is 2.48 bits per heavy atom. The monoisotopic (exact) mass is 339 g/mol. The molecule has 0 radical (unpaired) electrons. The second kappa shape index (κ2) is 5.67. The molecule has 108 valence electrons. The minimum atomic E-state index is 0.479. The third kappa shape index (κ3) is 3.05. The quantitative estimate of drug-likeness (QED) is 0.717. The summed E-state index contributed by atoms with van der Waals surface area (Å²) in [6.07, 6.45) is 0. The van der Waals surface area contributed by atoms with Gasteiger partial charge in [0.05, 0.1) is 5.39 Å². The molecule has 0 saturated carbocycles. The summed E-state index contributed by atoms with van der Waals surface area (Å²) in [6, 6.07) is 7.04. The molecular weight excluding hydrogens is 329 g/mol. The van der Waals surface area contributed by atoms with Crippen LogP contribution in [-0.2, 0) is 0 Å². The summed E-state index contributed by atoms with van der Waals surface area (Å²) in [5, 5.41) is 4.82. The largest absolute Gasteiger partial charge is 0.438 e. The number of fused-ring (bicyclic) bond motifs is 1. The van der Waals surface area contributed by atoms with Crippen LogP contribution >= 0.6 is 34.5 Å². The molecule has 0 fully saturated rings. The molecule has 0 aliphatic rings. The van der Waals surface area contributed by atoms with Crippen LogP contribution in [0.3, 0.4) is 0 Å². The van der Waals surface area contributed by atoms with E-state index < -0.39 is 0 Å². The van der Waals surface area contributed by atoms with Crippen molar-refractivity contribution in [3.05, 3.63) is 39.2 Å². The summed E-state index contributed by atoms with van der Waals surface area (Å²) in [6.45, 7) is 2.02. The van der Waals surface area contributed by atoms with Gasteiger partial charge in [0, 0.05) is 22.0 Å². The maximum Gasteiger partial charge on any atom is 0.232 e. The zero-order chi connectivity index (χ0) is 15.0. The molecule has 0 atom stereocenters. The molecule has 3 aromatic rings. The van der Waals surface area contributed by atoms with Gasteiger partial charge in [0.2, 0.25) is 11.8 Å². The SMILES string of the molecule is CNc1nc(Oc2cc(Cl)cc(Cl)c2)c2cc(C)sc2n1. The van der Waals surface area contributed by atoms with Gasteiger partial charge < -0.3 is 10.1 Å². The van der Waals surface area contributed by atoms with Gasteiger partial charge >= 0.3 is 0 Å². The minimum absolute atomic E-state index is 0.479. The first kappa shape index (κ1) is 14.4. The van der Waals surface area contributed by atoms with Crippen molar-refractivity contribution in [1.29, 1.82) is 0 Å². The summed E-state index contributed by atoms with van der Waals surface area (Å²) < 4.78 is 5.86. The standard InChI is InChI=1S/C14H11Cl2N3OS/c1-7-3-11-12(18-14(17-2)19-13(11)21-7)20-10-5-8(15)4-9(16)6-10/h3-6H,1-2H3,(H,17,18,19). The van der Waals surface area contributed by atoms with Gasteiger partial charge in [0.1, 0.15) is 10.6 Å². The summed E-state index contributed by atoms with van der Waals surface area (Å²) in [7, 11) is 1.77. The maximum atomic E-state index is 5.99. The zero-order valence-corrected chi connectivity index (χ0v) is 13.6. The van der Waals surface area contributed by atoms with E-state index in [1.54, 1.807) is 36.6 Å². The van der Waals surface area contributed by atoms with E-state index in [2.05, 4.69) is 15.3 Å². The number of thiophene rings is 1. The molecule has 3 rings (SSSR count). The van der Waals surface area contributed by atoms with Crippen LogP contribution in [0.4, 0.5) is 5.95 Å². The Bertz CT molecular complexity index is 799. The van der Waals surface area contributed by atoms with Gasteiger partial charge in [0.25, 0.3) is 0 Å². The van der Waals surface area contributed by atoms with Gasteiger partial charge in [-0.2, -0.15) is 4.98 Å². The highest BCUT2D eigenvalue weighted by Crippen LogP contribution is 2.35. The van der Waals surface area contributed by atoms with Gasteiger partial charge in [-0.05, 0) is 31.2 Å². The van der Waals surface area contributed by atoms with Crippen LogP contribution in [0, 0.1) is 6.92 Å². The molecule has 0 bridgehead atoms. The number of aromatic nitrogens is 2. The molecule has 4 nitrogen and oxygen atoms in total. The number of nitrogens with one attached hydrogen (secondary N) is 1. The molecule has 1 aromatic carbocycles. The van der Waals surface area contributed by atoms with Crippen LogP contribution in [0.25, 0.3) is 10.2 Å². The van der Waals surface area contributed by atoms with Crippen molar-refractivity contribution >= 4 is 50.7 Å². The summed E-state index contributed by atoms with van der Waals surface area (Å²) in [5.74, 6) is 1.53. The first-order valence-electron chi connectivity index (χ1n) is 6.15. The van der Waals surface area contributed by atoms with Crippen LogP contribution in [-0.4, -0.2) is 17.0 Å². The zero-order valence-electron chi connectivity index (χ0n) is 11.3. The normalized spacial score (nSPS) is 10.9. The van der Waals surface area contributed by atoms with Crippen molar-refractivity contribution in [3.8, 4) is 11.6 Å². The Kier molecular flexibility index (Phi) is 3.89. The highest BCUT2D eigenvalue weighted by atomic mass is 35.5. The van der Waals surface area contributed by atoms with Crippen molar-refractivity contribution in [1.82, 2.24) is 9.97 Å². The minimum Gasteiger partial charge on any atom is -0.438 e. The smallest absolute Gasteiger partial charge is 0.232 e. The Morgan fingerprint density at radius 2 is 1.81 bits per heavy atom. The number of hydrogen-bond acceptors (Lipinski definition) is 5. The molecule has 2 aromatic heterocycles. The highest BCUT2D eigenvalue weighted by Gasteiger charge is 2.12. The molecule has 2 heterocycles. The summed E-state index contributed by atoms with van der Waals surface area (Å²) in [5.41, 5.74) is 0. The maximum absolute atomic E-state index is 5.99. The van der Waals surface area contributed by atoms with Crippen LogP contribution < -0.4 is 10.1 Å². The number of aryl methyl sites for hydroxylation is 1. The average molecular weight is 340 g/mol. The van der Waals surface area contributed by atoms with E-state index in [9.17, 15) is 0 Å². The van der Waals surface area contributed by atoms with Gasteiger partial charge in [-0.15, -0.1) is 11.3 Å². The number of halogens is 2. The van der Waals surface area contributed by atoms with E-state index in [0.29, 0.717) is 27.6 Å². The molecule has 0 saturated heterocycles. The third-order valence-electron chi connectivity index (χ3n) is 2.76. The van der Waals surface area contributed by atoms with Crippen molar-refractivity contribution < 1.29 is 4.74 Å². The van der Waals surface area contributed by atoms with E-state index in [1.165, 1.54) is 0 Å². The second-order valence-corrected chi connectivity index (χ2v) is 6.49. The van der Waals surface area contributed by atoms with Gasteiger partial charge in [-0.1, -0.05) is 23.2 Å². The Balaban J connectivity index is 2.10. The lowest BCUT2D eigenvalue weighted by molar-refractivity contribution is 0.469. The summed E-state index contributed by atoms with van der Waals surface area (Å²) >= 11 is 13.6. The molecule has 21 heavy (non-hydrogen) atoms. The molecule has 0 amide bonds.